The molecule has 0 aromatic carbocycles. The van der Waals surface area contributed by atoms with E-state index in [9.17, 15) is 13.2 Å². The topological polar surface area (TPSA) is 92.5 Å². The Morgan fingerprint density at radius 2 is 2.26 bits per heavy atom. The molecule has 130 valence electrons. The average molecular weight is 360 g/mol. The van der Waals surface area contributed by atoms with Gasteiger partial charge in [0, 0.05) is 24.5 Å². The van der Waals surface area contributed by atoms with Crippen LogP contribution in [-0.4, -0.2) is 38.9 Å². The van der Waals surface area contributed by atoms with Crippen LogP contribution in [0.25, 0.3) is 0 Å². The first-order chi connectivity index (χ1) is 10.8. The van der Waals surface area contributed by atoms with Gasteiger partial charge in [0.1, 0.15) is 0 Å². The van der Waals surface area contributed by atoms with Gasteiger partial charge in [-0.3, -0.25) is 4.79 Å². The summed E-state index contributed by atoms with van der Waals surface area (Å²) >= 11 is 1.55. The fourth-order valence-electron chi connectivity index (χ4n) is 2.95. The van der Waals surface area contributed by atoms with Crippen molar-refractivity contribution < 1.29 is 13.2 Å². The smallest absolute Gasteiger partial charge is 0.274 e. The van der Waals surface area contributed by atoms with Crippen molar-refractivity contribution in [2.45, 2.75) is 39.5 Å². The summed E-state index contributed by atoms with van der Waals surface area (Å²) in [6.45, 7) is 5.77. The molecule has 6 nitrogen and oxygen atoms in total. The summed E-state index contributed by atoms with van der Waals surface area (Å²) in [4.78, 5) is 16.5. The summed E-state index contributed by atoms with van der Waals surface area (Å²) in [7, 11) is -3.67. The van der Waals surface area contributed by atoms with Crippen LogP contribution in [0.2, 0.25) is 0 Å². The lowest BCUT2D eigenvalue weighted by Crippen LogP contribution is -2.44. The Labute approximate surface area is 142 Å². The SMILES string of the molecule is CCCc1cc(C(=O)N2CCCC(CNS(N)(=O)=O)C2)sc1C. The van der Waals surface area contributed by atoms with Crippen molar-refractivity contribution in [3.63, 3.8) is 0 Å². The van der Waals surface area contributed by atoms with Gasteiger partial charge in [-0.15, -0.1) is 11.3 Å². The zero-order chi connectivity index (χ0) is 17.0. The highest BCUT2D eigenvalue weighted by atomic mass is 32.2. The van der Waals surface area contributed by atoms with E-state index in [0.717, 1.165) is 37.1 Å². The molecule has 1 aliphatic rings. The quantitative estimate of drug-likeness (QED) is 0.809. The van der Waals surface area contributed by atoms with Crippen LogP contribution in [-0.2, 0) is 16.6 Å². The number of likely N-dealkylation sites (tertiary alicyclic amines) is 1. The Bertz CT molecular complexity index is 655. The van der Waals surface area contributed by atoms with Crippen LogP contribution in [0.15, 0.2) is 6.07 Å². The minimum absolute atomic E-state index is 0.0563. The standard InChI is InChI=1S/C15H25N3O3S2/c1-3-5-13-8-14(22-11(13)2)15(19)18-7-4-6-12(10-18)9-17-23(16,20)21/h8,12,17H,3-7,9-10H2,1-2H3,(H2,16,20,21). The van der Waals surface area contributed by atoms with Crippen LogP contribution in [0, 0.1) is 12.8 Å². The molecule has 1 aromatic rings. The van der Waals surface area contributed by atoms with E-state index in [1.54, 1.807) is 11.3 Å². The van der Waals surface area contributed by atoms with Crippen molar-refractivity contribution in [3.05, 3.63) is 21.4 Å². The molecule has 0 bridgehead atoms. The first-order valence-electron chi connectivity index (χ1n) is 7.96. The number of piperidine rings is 1. The maximum atomic E-state index is 12.7. The van der Waals surface area contributed by atoms with E-state index in [-0.39, 0.29) is 18.4 Å². The Hall–Kier alpha value is -0.960. The highest BCUT2D eigenvalue weighted by Crippen LogP contribution is 2.26. The highest BCUT2D eigenvalue weighted by molar-refractivity contribution is 7.87. The van der Waals surface area contributed by atoms with Crippen molar-refractivity contribution in [2.24, 2.45) is 11.1 Å². The van der Waals surface area contributed by atoms with E-state index < -0.39 is 10.2 Å². The molecule has 8 heteroatoms. The molecule has 2 heterocycles. The molecule has 1 amide bonds. The molecule has 3 N–H and O–H groups in total. The summed E-state index contributed by atoms with van der Waals surface area (Å²) in [6.07, 6.45) is 3.85. The van der Waals surface area contributed by atoms with Crippen molar-refractivity contribution in [2.75, 3.05) is 19.6 Å². The number of aryl methyl sites for hydroxylation is 2. The van der Waals surface area contributed by atoms with E-state index in [1.807, 2.05) is 11.0 Å². The van der Waals surface area contributed by atoms with Gasteiger partial charge in [-0.2, -0.15) is 8.42 Å². The third-order valence-corrected chi connectivity index (χ3v) is 5.78. The molecular formula is C15H25N3O3S2. The number of thiophene rings is 1. The number of hydrogen-bond acceptors (Lipinski definition) is 4. The number of hydrogen-bond donors (Lipinski definition) is 2. The third-order valence-electron chi connectivity index (χ3n) is 4.13. The van der Waals surface area contributed by atoms with Gasteiger partial charge < -0.3 is 4.90 Å². The summed E-state index contributed by atoms with van der Waals surface area (Å²) in [5.74, 6) is 0.169. The molecule has 23 heavy (non-hydrogen) atoms. The number of rotatable bonds is 6. The molecule has 0 spiro atoms. The molecule has 1 atom stereocenters. The molecule has 0 radical (unpaired) electrons. The fourth-order valence-corrected chi connectivity index (χ4v) is 4.46. The van der Waals surface area contributed by atoms with Crippen molar-refractivity contribution in [1.29, 1.82) is 0 Å². The second-order valence-electron chi connectivity index (χ2n) is 6.09. The lowest BCUT2D eigenvalue weighted by Gasteiger charge is -2.32. The number of carbonyl (C=O) groups is 1. The summed E-state index contributed by atoms with van der Waals surface area (Å²) in [5, 5.41) is 4.97. The maximum absolute atomic E-state index is 12.7. The third kappa shape index (κ3) is 5.27. The summed E-state index contributed by atoms with van der Waals surface area (Å²) in [6, 6.07) is 2.01. The number of nitrogens with two attached hydrogens (primary N) is 1. The number of nitrogens with one attached hydrogen (secondary N) is 1. The van der Waals surface area contributed by atoms with Crippen molar-refractivity contribution in [1.82, 2.24) is 9.62 Å². The van der Waals surface area contributed by atoms with E-state index in [4.69, 9.17) is 5.14 Å². The van der Waals surface area contributed by atoms with Gasteiger partial charge >= 0.3 is 0 Å². The zero-order valence-electron chi connectivity index (χ0n) is 13.7. The van der Waals surface area contributed by atoms with Crippen LogP contribution in [0.3, 0.4) is 0 Å². The first-order valence-corrected chi connectivity index (χ1v) is 10.3. The van der Waals surface area contributed by atoms with E-state index >= 15 is 0 Å². The molecule has 1 saturated heterocycles. The minimum Gasteiger partial charge on any atom is -0.338 e. The normalized spacial score (nSPS) is 19.1. The Morgan fingerprint density at radius 3 is 2.91 bits per heavy atom. The number of nitrogens with zero attached hydrogens (tertiary/aromatic N) is 1. The number of amides is 1. The van der Waals surface area contributed by atoms with Crippen molar-refractivity contribution in [3.8, 4) is 0 Å². The van der Waals surface area contributed by atoms with Crippen LogP contribution in [0.4, 0.5) is 0 Å². The van der Waals surface area contributed by atoms with Gasteiger partial charge in [0.15, 0.2) is 0 Å². The predicted molar refractivity (Wildman–Crippen MR) is 92.8 cm³/mol. The Kier molecular flexibility index (Phi) is 6.19. The minimum atomic E-state index is -3.67. The zero-order valence-corrected chi connectivity index (χ0v) is 15.3. The lowest BCUT2D eigenvalue weighted by molar-refractivity contribution is 0.0681. The second-order valence-corrected chi connectivity index (χ2v) is 8.73. The fraction of sp³-hybridized carbons (Fsp3) is 0.667. The van der Waals surface area contributed by atoms with E-state index in [2.05, 4.69) is 18.6 Å². The summed E-state index contributed by atoms with van der Waals surface area (Å²) in [5.41, 5.74) is 1.25. The van der Waals surface area contributed by atoms with Crippen LogP contribution < -0.4 is 9.86 Å². The van der Waals surface area contributed by atoms with E-state index in [0.29, 0.717) is 6.54 Å². The average Bonchev–Trinajstić information content (AvgIpc) is 2.86. The Balaban J connectivity index is 2.00. The molecule has 1 aliphatic heterocycles. The Morgan fingerprint density at radius 1 is 1.52 bits per heavy atom. The molecule has 2 rings (SSSR count). The van der Waals surface area contributed by atoms with Crippen LogP contribution in [0.1, 0.15) is 46.3 Å². The van der Waals surface area contributed by atoms with Gasteiger partial charge in [-0.1, -0.05) is 13.3 Å². The predicted octanol–water partition coefficient (Wildman–Crippen LogP) is 1.65. The van der Waals surface area contributed by atoms with Gasteiger partial charge in [-0.05, 0) is 43.7 Å². The molecule has 1 unspecified atom stereocenters. The lowest BCUT2D eigenvalue weighted by atomic mass is 9.98. The van der Waals surface area contributed by atoms with Gasteiger partial charge in [0.05, 0.1) is 4.88 Å². The molecule has 0 saturated carbocycles. The largest absolute Gasteiger partial charge is 0.338 e. The maximum Gasteiger partial charge on any atom is 0.274 e. The molecule has 1 aromatic heterocycles. The summed E-state index contributed by atoms with van der Waals surface area (Å²) < 4.78 is 24.3. The van der Waals surface area contributed by atoms with Gasteiger partial charge in [0.2, 0.25) is 0 Å². The molecule has 1 fully saturated rings. The van der Waals surface area contributed by atoms with Gasteiger partial charge in [-0.25, -0.2) is 9.86 Å². The highest BCUT2D eigenvalue weighted by Gasteiger charge is 2.26. The van der Waals surface area contributed by atoms with Crippen molar-refractivity contribution >= 4 is 27.5 Å². The monoisotopic (exact) mass is 359 g/mol. The van der Waals surface area contributed by atoms with Crippen LogP contribution >= 0.6 is 11.3 Å². The molecular weight excluding hydrogens is 334 g/mol. The van der Waals surface area contributed by atoms with Crippen LogP contribution in [0.5, 0.6) is 0 Å². The van der Waals surface area contributed by atoms with Gasteiger partial charge in [0.25, 0.3) is 16.1 Å². The van der Waals surface area contributed by atoms with E-state index in [1.165, 1.54) is 10.4 Å². The molecule has 0 aliphatic carbocycles. The number of carbonyl (C=O) groups excluding carboxylic acids is 1. The second kappa shape index (κ2) is 7.74. The first kappa shape index (κ1) is 18.4.